The summed E-state index contributed by atoms with van der Waals surface area (Å²) in [6.45, 7) is 13.7. The van der Waals surface area contributed by atoms with Gasteiger partial charge in [0.25, 0.3) is 5.60 Å². The molecular formula is C126H228O12. The van der Waals surface area contributed by atoms with Crippen molar-refractivity contribution in [3.05, 3.63) is 0 Å². The molecule has 0 aromatic carbocycles. The Bertz CT molecular complexity index is 2870. The van der Waals surface area contributed by atoms with E-state index in [1.165, 1.54) is 360 Å². The first-order valence-corrected chi connectivity index (χ1v) is 62.9. The Balaban J connectivity index is 1.33. The maximum Gasteiger partial charge on any atom is 0.310 e. The highest BCUT2D eigenvalue weighted by molar-refractivity contribution is 6.12. The predicted octanol–water partition coefficient (Wildman–Crippen LogP) is 36.7. The summed E-state index contributed by atoms with van der Waals surface area (Å²) < 4.78 is 22.8. The van der Waals surface area contributed by atoms with Crippen LogP contribution in [0.5, 0.6) is 0 Å². The minimum absolute atomic E-state index is 0.264. The summed E-state index contributed by atoms with van der Waals surface area (Å²) in [7, 11) is 0. The number of ketones is 3. The van der Waals surface area contributed by atoms with Crippen molar-refractivity contribution in [1.82, 2.24) is 0 Å². The first-order valence-electron chi connectivity index (χ1n) is 62.9. The summed E-state index contributed by atoms with van der Waals surface area (Å²) in [5.74, 6) is -8.67. The number of hydrogen-bond acceptors (Lipinski definition) is 12. The van der Waals surface area contributed by atoms with Crippen LogP contribution < -0.4 is 0 Å². The molecule has 12 nitrogen and oxygen atoms in total. The van der Waals surface area contributed by atoms with Crippen LogP contribution in [0, 0.1) is 71.0 Å². The molecule has 0 spiro atoms. The molecule has 7 rings (SSSR count). The number of unbranched alkanes of at least 4 members (excludes halogenated alkanes) is 60. The minimum atomic E-state index is -3.47. The van der Waals surface area contributed by atoms with E-state index in [-0.39, 0.29) is 30.6 Å². The molecule has 12 heteroatoms. The standard InChI is InChI=1S/C126H228O12/c1-7-13-19-25-31-37-43-49-55-61-67-73-103-79-91-109(92-80-103)116(128)124(136-121(133)112-97-85-106(86-98-112)76-70-64-58-52-46-40-34-28-22-16-10-4)119(131)115(127)120(132)125(117(129)110-93-81-104(82-94-110)74-68-62-56-50-44-38-32-26-20-14-8-2,137-122(134)113-99-87-107(88-100-113)77-71-65-59-53-47-41-35-29-23-17-11-5)126(124,118(130)111-95-83-105(84-96-111)75-69-63-57-51-45-39-33-27-21-15-9-3)138-123(135)114-101-89-108(90-102-114)78-72-66-60-54-48-42-36-30-24-18-12-6/h103-115,119-120,127,131-132H,7-102H2,1-6H3/t103?,104?,105?,106?,107?,108?,109?,110?,111?,112?,113?,114?,115?,119-,120+,124+,125-,126?. The monoisotopic (exact) mass is 1930 g/mol. The van der Waals surface area contributed by atoms with Gasteiger partial charge in [0.05, 0.1) is 17.8 Å². The molecule has 138 heavy (non-hydrogen) atoms. The van der Waals surface area contributed by atoms with E-state index < -0.39 is 106 Å². The molecule has 7 saturated carbocycles. The van der Waals surface area contributed by atoms with Crippen molar-refractivity contribution in [3.63, 3.8) is 0 Å². The number of Topliss-reactive ketones (excluding diaryl/α,β-unsaturated/α-hetero) is 3. The fraction of sp³-hybridized carbons (Fsp3) is 0.952. The van der Waals surface area contributed by atoms with E-state index in [0.717, 1.165) is 141 Å². The third kappa shape index (κ3) is 44.0. The van der Waals surface area contributed by atoms with Crippen LogP contribution in [-0.2, 0) is 43.0 Å². The molecule has 3 N–H and O–H groups in total. The molecule has 7 aliphatic rings. The van der Waals surface area contributed by atoms with Crippen LogP contribution in [0.2, 0.25) is 0 Å². The van der Waals surface area contributed by atoms with Crippen molar-refractivity contribution in [2.75, 3.05) is 0 Å². The molecule has 0 amide bonds. The minimum Gasteiger partial charge on any atom is -0.443 e. The van der Waals surface area contributed by atoms with Crippen LogP contribution in [0.3, 0.4) is 0 Å². The summed E-state index contributed by atoms with van der Waals surface area (Å²) in [6.07, 6.45) is 93.7. The SMILES string of the molecule is CCCCCCCCCCCCCC1CCC(C(=O)OC2(C(=O)C3CCC(CCCCCCCCCCCCC)CC3)[C@@](OC(=O)C3CCC(CCCCCCCCCCCCC)CC3)(C(=O)C3CCC(CCCCCCCCCCCCC)CC3)[C@@H](O)C(O)[C@@H](O)[C@@]2(OC(=O)C2CCC(CCCCCCCCCCCCC)CC2)C(=O)C2CCC(CCCCCCCCCCCCC)CC2)CC1. The van der Waals surface area contributed by atoms with Crippen LogP contribution in [0.4, 0.5) is 0 Å². The van der Waals surface area contributed by atoms with Gasteiger partial charge >= 0.3 is 17.9 Å². The summed E-state index contributed by atoms with van der Waals surface area (Å²) >= 11 is 0. The Labute approximate surface area is 852 Å². The number of rotatable bonds is 84. The zero-order valence-corrected chi connectivity index (χ0v) is 92.1. The van der Waals surface area contributed by atoms with Gasteiger partial charge in [-0.3, -0.25) is 28.8 Å². The van der Waals surface area contributed by atoms with Crippen molar-refractivity contribution in [2.45, 2.75) is 693 Å². The second kappa shape index (κ2) is 75.9. The number of aliphatic hydroxyl groups is 3. The molecule has 0 aromatic heterocycles. The zero-order chi connectivity index (χ0) is 98.6. The first kappa shape index (κ1) is 122. The van der Waals surface area contributed by atoms with E-state index in [1.807, 2.05) is 0 Å². The Morgan fingerprint density at radius 3 is 0.486 bits per heavy atom. The van der Waals surface area contributed by atoms with E-state index in [9.17, 15) is 15.3 Å². The average Bonchev–Trinajstić information content (AvgIpc) is 0.656. The van der Waals surface area contributed by atoms with E-state index in [0.29, 0.717) is 120 Å². The number of hydrogen-bond donors (Lipinski definition) is 3. The van der Waals surface area contributed by atoms with Gasteiger partial charge < -0.3 is 29.5 Å². The van der Waals surface area contributed by atoms with Crippen LogP contribution >= 0.6 is 0 Å². The Hall–Kier alpha value is -2.70. The van der Waals surface area contributed by atoms with Gasteiger partial charge in [-0.05, 0) is 190 Å². The molecule has 0 saturated heterocycles. The zero-order valence-electron chi connectivity index (χ0n) is 92.1. The number of aliphatic hydroxyl groups excluding tert-OH is 3. The van der Waals surface area contributed by atoms with Gasteiger partial charge in [0.2, 0.25) is 11.2 Å². The molecule has 7 aliphatic carbocycles. The summed E-state index contributed by atoms with van der Waals surface area (Å²) in [6, 6.07) is 0. The average molecular weight is 1940 g/mol. The number of esters is 3. The van der Waals surface area contributed by atoms with Crippen LogP contribution in [0.1, 0.15) is 658 Å². The second-order valence-electron chi connectivity index (χ2n) is 48.1. The third-order valence-corrected chi connectivity index (χ3v) is 36.9. The van der Waals surface area contributed by atoms with E-state index in [2.05, 4.69) is 41.5 Å². The van der Waals surface area contributed by atoms with Gasteiger partial charge in [-0.15, -0.1) is 0 Å². The van der Waals surface area contributed by atoms with Crippen LogP contribution in [0.15, 0.2) is 0 Å². The first-order chi connectivity index (χ1) is 67.6. The van der Waals surface area contributed by atoms with Crippen LogP contribution in [-0.4, -0.2) is 85.7 Å². The van der Waals surface area contributed by atoms with E-state index in [1.54, 1.807) is 0 Å². The summed E-state index contributed by atoms with van der Waals surface area (Å²) in [5.41, 5.74) is -10.2. The van der Waals surface area contributed by atoms with Crippen molar-refractivity contribution >= 4 is 35.3 Å². The third-order valence-electron chi connectivity index (χ3n) is 36.9. The highest BCUT2D eigenvalue weighted by atomic mass is 16.7. The van der Waals surface area contributed by atoms with Gasteiger partial charge in [-0.25, -0.2) is 0 Å². The highest BCUT2D eigenvalue weighted by Crippen LogP contribution is 2.60. The van der Waals surface area contributed by atoms with Gasteiger partial charge in [-0.2, -0.15) is 0 Å². The normalized spacial score (nSPS) is 27.6. The molecular weight excluding hydrogens is 1710 g/mol. The summed E-state index contributed by atoms with van der Waals surface area (Å²) in [5, 5.41) is 42.8. The maximum absolute atomic E-state index is 18.7. The lowest BCUT2D eigenvalue weighted by Crippen LogP contribution is -2.92. The molecule has 7 fully saturated rings. The van der Waals surface area contributed by atoms with E-state index >= 15 is 28.8 Å². The van der Waals surface area contributed by atoms with Crippen molar-refractivity contribution in [1.29, 1.82) is 0 Å². The molecule has 0 aromatic rings. The van der Waals surface area contributed by atoms with Gasteiger partial charge in [-0.1, -0.05) is 504 Å². The lowest BCUT2D eigenvalue weighted by molar-refractivity contribution is -0.329. The van der Waals surface area contributed by atoms with Crippen molar-refractivity contribution in [2.24, 2.45) is 71.0 Å². The van der Waals surface area contributed by atoms with E-state index in [4.69, 9.17) is 14.2 Å². The molecule has 6 atom stereocenters. The van der Waals surface area contributed by atoms with Crippen LogP contribution in [0.25, 0.3) is 0 Å². The molecule has 0 heterocycles. The van der Waals surface area contributed by atoms with Crippen molar-refractivity contribution < 1.29 is 58.3 Å². The number of ether oxygens (including phenoxy) is 3. The molecule has 0 aliphatic heterocycles. The van der Waals surface area contributed by atoms with Gasteiger partial charge in [0.15, 0.2) is 17.3 Å². The molecule has 2 unspecified atom stereocenters. The Kier molecular flexibility index (Phi) is 67.2. The maximum atomic E-state index is 18.7. The topological polar surface area (TPSA) is 191 Å². The lowest BCUT2D eigenvalue weighted by atomic mass is 9.49. The molecule has 0 radical (unpaired) electrons. The second-order valence-corrected chi connectivity index (χ2v) is 48.1. The fourth-order valence-electron chi connectivity index (χ4n) is 27.3. The number of carbonyl (C=O) groups excluding carboxylic acids is 6. The van der Waals surface area contributed by atoms with Gasteiger partial charge in [0, 0.05) is 17.8 Å². The predicted molar refractivity (Wildman–Crippen MR) is 579 cm³/mol. The van der Waals surface area contributed by atoms with Crippen molar-refractivity contribution in [3.8, 4) is 0 Å². The highest BCUT2D eigenvalue weighted by Gasteiger charge is 2.89. The lowest BCUT2D eigenvalue weighted by Gasteiger charge is -2.63. The molecule has 804 valence electrons. The summed E-state index contributed by atoms with van der Waals surface area (Å²) in [4.78, 5) is 106. The number of carbonyl (C=O) groups is 6. The Morgan fingerprint density at radius 2 is 0.319 bits per heavy atom. The largest absolute Gasteiger partial charge is 0.443 e. The Morgan fingerprint density at radius 1 is 0.181 bits per heavy atom. The quantitative estimate of drug-likeness (QED) is 0.0297. The van der Waals surface area contributed by atoms with Gasteiger partial charge in [0.1, 0.15) is 18.3 Å². The fourth-order valence-corrected chi connectivity index (χ4v) is 27.3. The molecule has 0 bridgehead atoms. The smallest absolute Gasteiger partial charge is 0.310 e.